The maximum atomic E-state index is 11.4. The Morgan fingerprint density at radius 2 is 2.08 bits per heavy atom. The molecule has 1 aliphatic rings. The number of rotatable bonds is 1. The minimum absolute atomic E-state index is 0.0829. The molecule has 13 heavy (non-hydrogen) atoms. The SMILES string of the molecule is CC(C)(C)N1CC(C(=O)[O-])CC1=O. The van der Waals surface area contributed by atoms with Crippen LogP contribution in [0, 0.1) is 5.92 Å². The maximum absolute atomic E-state index is 11.4. The summed E-state index contributed by atoms with van der Waals surface area (Å²) in [5, 5.41) is 10.5. The number of carbonyl (C=O) groups excluding carboxylic acids is 2. The zero-order valence-electron chi connectivity index (χ0n) is 8.16. The second kappa shape index (κ2) is 3.01. The van der Waals surface area contributed by atoms with Gasteiger partial charge in [0.05, 0.1) is 0 Å². The van der Waals surface area contributed by atoms with Gasteiger partial charge in [0.25, 0.3) is 0 Å². The summed E-state index contributed by atoms with van der Waals surface area (Å²) in [7, 11) is 0. The van der Waals surface area contributed by atoms with Crippen LogP contribution in [0.4, 0.5) is 0 Å². The van der Waals surface area contributed by atoms with E-state index in [2.05, 4.69) is 0 Å². The lowest BCUT2D eigenvalue weighted by molar-refractivity contribution is -0.311. The molecular formula is C9H14NO3-. The highest BCUT2D eigenvalue weighted by Gasteiger charge is 2.36. The van der Waals surface area contributed by atoms with Crippen LogP contribution in [0.2, 0.25) is 0 Å². The Hall–Kier alpha value is -1.06. The van der Waals surface area contributed by atoms with Crippen molar-refractivity contribution >= 4 is 11.9 Å². The third-order valence-electron chi connectivity index (χ3n) is 2.27. The average molecular weight is 184 g/mol. The Bertz CT molecular complexity index is 242. The van der Waals surface area contributed by atoms with E-state index in [0.29, 0.717) is 0 Å². The van der Waals surface area contributed by atoms with Gasteiger partial charge in [-0.05, 0) is 20.8 Å². The fourth-order valence-electron chi connectivity index (χ4n) is 1.51. The van der Waals surface area contributed by atoms with Gasteiger partial charge in [-0.25, -0.2) is 0 Å². The number of carboxylic acids is 1. The molecule has 0 aromatic carbocycles. The predicted octanol–water partition coefficient (Wildman–Crippen LogP) is -0.617. The summed E-state index contributed by atoms with van der Waals surface area (Å²) in [6, 6.07) is 0. The van der Waals surface area contributed by atoms with Gasteiger partial charge in [0, 0.05) is 30.4 Å². The fraction of sp³-hybridized carbons (Fsp3) is 0.778. The number of aliphatic carboxylic acids is 1. The van der Waals surface area contributed by atoms with Crippen molar-refractivity contribution < 1.29 is 14.7 Å². The molecule has 1 unspecified atom stereocenters. The van der Waals surface area contributed by atoms with Crippen LogP contribution in [0.1, 0.15) is 27.2 Å². The molecule has 0 spiro atoms. The van der Waals surface area contributed by atoms with Gasteiger partial charge in [-0.15, -0.1) is 0 Å². The predicted molar refractivity (Wildman–Crippen MR) is 44.6 cm³/mol. The van der Waals surface area contributed by atoms with Crippen LogP contribution in [-0.2, 0) is 9.59 Å². The van der Waals surface area contributed by atoms with Crippen LogP contribution in [0.3, 0.4) is 0 Å². The third kappa shape index (κ3) is 1.99. The molecule has 74 valence electrons. The largest absolute Gasteiger partial charge is 0.550 e. The second-order valence-electron chi connectivity index (χ2n) is 4.40. The van der Waals surface area contributed by atoms with Gasteiger partial charge < -0.3 is 14.8 Å². The molecule has 0 saturated carbocycles. The van der Waals surface area contributed by atoms with E-state index in [1.54, 1.807) is 4.90 Å². The number of hydrogen-bond donors (Lipinski definition) is 0. The zero-order valence-corrected chi connectivity index (χ0v) is 8.16. The Balaban J connectivity index is 2.73. The van der Waals surface area contributed by atoms with Crippen molar-refractivity contribution in [2.45, 2.75) is 32.7 Å². The molecule has 4 nitrogen and oxygen atoms in total. The number of amides is 1. The first-order valence-corrected chi connectivity index (χ1v) is 4.33. The zero-order chi connectivity index (χ0) is 10.2. The van der Waals surface area contributed by atoms with Crippen LogP contribution >= 0.6 is 0 Å². The van der Waals surface area contributed by atoms with Gasteiger partial charge in [-0.2, -0.15) is 0 Å². The molecule has 0 aliphatic carbocycles. The van der Waals surface area contributed by atoms with Crippen molar-refractivity contribution in [1.29, 1.82) is 0 Å². The fourth-order valence-corrected chi connectivity index (χ4v) is 1.51. The summed E-state index contributed by atoms with van der Waals surface area (Å²) in [6.07, 6.45) is 0.0829. The van der Waals surface area contributed by atoms with Crippen LogP contribution in [0.25, 0.3) is 0 Å². The monoisotopic (exact) mass is 184 g/mol. The smallest absolute Gasteiger partial charge is 0.223 e. The molecule has 1 amide bonds. The molecule has 1 saturated heterocycles. The standard InChI is InChI=1S/C9H15NO3/c1-9(2,3)10-5-6(8(12)13)4-7(10)11/h6H,4-5H2,1-3H3,(H,12,13)/p-1. The van der Waals surface area contributed by atoms with Crippen LogP contribution < -0.4 is 5.11 Å². The lowest BCUT2D eigenvalue weighted by atomic mass is 10.1. The molecular weight excluding hydrogens is 170 g/mol. The summed E-state index contributed by atoms with van der Waals surface area (Å²) in [6.45, 7) is 5.96. The molecule has 0 aromatic rings. The van der Waals surface area contributed by atoms with Crippen molar-refractivity contribution in [3.63, 3.8) is 0 Å². The Morgan fingerprint density at radius 1 is 1.54 bits per heavy atom. The number of carbonyl (C=O) groups is 2. The molecule has 0 radical (unpaired) electrons. The average Bonchev–Trinajstić information content (AvgIpc) is 2.29. The molecule has 0 aromatic heterocycles. The molecule has 1 fully saturated rings. The normalized spacial score (nSPS) is 23.8. The second-order valence-corrected chi connectivity index (χ2v) is 4.40. The highest BCUT2D eigenvalue weighted by Crippen LogP contribution is 2.25. The molecule has 1 heterocycles. The van der Waals surface area contributed by atoms with E-state index >= 15 is 0 Å². The minimum atomic E-state index is -1.12. The van der Waals surface area contributed by atoms with Crippen molar-refractivity contribution in [3.05, 3.63) is 0 Å². The van der Waals surface area contributed by atoms with E-state index in [9.17, 15) is 14.7 Å². The molecule has 1 aliphatic heterocycles. The van der Waals surface area contributed by atoms with E-state index in [4.69, 9.17) is 0 Å². The number of nitrogens with zero attached hydrogens (tertiary/aromatic N) is 1. The summed E-state index contributed by atoms with van der Waals surface area (Å²) in [4.78, 5) is 23.5. The molecule has 1 atom stereocenters. The van der Waals surface area contributed by atoms with Crippen molar-refractivity contribution in [1.82, 2.24) is 4.90 Å². The van der Waals surface area contributed by atoms with Crippen molar-refractivity contribution in [2.75, 3.05) is 6.54 Å². The lowest BCUT2D eigenvalue weighted by Crippen LogP contribution is -2.43. The summed E-state index contributed by atoms with van der Waals surface area (Å²) in [5.74, 6) is -1.85. The van der Waals surface area contributed by atoms with Crippen molar-refractivity contribution in [3.8, 4) is 0 Å². The first-order chi connectivity index (χ1) is 5.82. The first kappa shape index (κ1) is 10.0. The Labute approximate surface area is 77.5 Å². The van der Waals surface area contributed by atoms with E-state index in [1.165, 1.54) is 0 Å². The molecule has 4 heteroatoms. The Kier molecular flexibility index (Phi) is 2.32. The summed E-state index contributed by atoms with van der Waals surface area (Å²) >= 11 is 0. The maximum Gasteiger partial charge on any atom is 0.223 e. The Morgan fingerprint density at radius 3 is 2.31 bits per heavy atom. The van der Waals surface area contributed by atoms with Gasteiger partial charge in [0.15, 0.2) is 0 Å². The lowest BCUT2D eigenvalue weighted by Gasteiger charge is -2.32. The van der Waals surface area contributed by atoms with Gasteiger partial charge in [-0.1, -0.05) is 0 Å². The van der Waals surface area contributed by atoms with Crippen LogP contribution in [0.15, 0.2) is 0 Å². The van der Waals surface area contributed by atoms with Gasteiger partial charge in [-0.3, -0.25) is 4.79 Å². The summed E-state index contributed by atoms with van der Waals surface area (Å²) < 4.78 is 0. The number of carboxylic acid groups (broad SMARTS) is 1. The number of likely N-dealkylation sites (tertiary alicyclic amines) is 1. The van der Waals surface area contributed by atoms with Crippen molar-refractivity contribution in [2.24, 2.45) is 5.92 Å². The van der Waals surface area contributed by atoms with E-state index in [1.807, 2.05) is 20.8 Å². The third-order valence-corrected chi connectivity index (χ3v) is 2.27. The van der Waals surface area contributed by atoms with Gasteiger partial charge >= 0.3 is 0 Å². The van der Waals surface area contributed by atoms with Crippen LogP contribution in [-0.4, -0.2) is 28.9 Å². The minimum Gasteiger partial charge on any atom is -0.550 e. The van der Waals surface area contributed by atoms with E-state index in [0.717, 1.165) is 0 Å². The quantitative estimate of drug-likeness (QED) is 0.546. The topological polar surface area (TPSA) is 60.4 Å². The van der Waals surface area contributed by atoms with Gasteiger partial charge in [0.1, 0.15) is 0 Å². The highest BCUT2D eigenvalue weighted by molar-refractivity contribution is 5.85. The molecule has 0 bridgehead atoms. The highest BCUT2D eigenvalue weighted by atomic mass is 16.4. The molecule has 0 N–H and O–H groups in total. The molecule has 1 rings (SSSR count). The first-order valence-electron chi connectivity index (χ1n) is 4.33. The van der Waals surface area contributed by atoms with E-state index in [-0.39, 0.29) is 24.4 Å². The van der Waals surface area contributed by atoms with Crippen LogP contribution in [0.5, 0.6) is 0 Å². The van der Waals surface area contributed by atoms with E-state index < -0.39 is 11.9 Å². The summed E-state index contributed by atoms with van der Waals surface area (Å²) in [5.41, 5.74) is -0.290. The van der Waals surface area contributed by atoms with Gasteiger partial charge in [0.2, 0.25) is 5.91 Å². The number of hydrogen-bond acceptors (Lipinski definition) is 3.